The molecule has 5 heteroatoms. The highest BCUT2D eigenvalue weighted by Crippen LogP contribution is 2.19. The van der Waals surface area contributed by atoms with Crippen molar-refractivity contribution in [2.24, 2.45) is 10.2 Å². The number of nitrogens with zero attached hydrogens (tertiary/aromatic N) is 3. The SMILES string of the molecule is c1coc(/N=N/c2nccs2)c1. The third-order valence-corrected chi connectivity index (χ3v) is 1.82. The third kappa shape index (κ3) is 1.57. The van der Waals surface area contributed by atoms with Crippen LogP contribution < -0.4 is 0 Å². The summed E-state index contributed by atoms with van der Waals surface area (Å²) in [6.07, 6.45) is 3.23. The molecule has 2 aromatic rings. The van der Waals surface area contributed by atoms with Crippen molar-refractivity contribution in [3.63, 3.8) is 0 Å². The molecule has 0 radical (unpaired) electrons. The van der Waals surface area contributed by atoms with Crippen molar-refractivity contribution in [3.8, 4) is 0 Å². The van der Waals surface area contributed by atoms with Gasteiger partial charge in [-0.2, -0.15) is 0 Å². The Labute approximate surface area is 72.6 Å². The molecule has 12 heavy (non-hydrogen) atoms. The zero-order valence-electron chi connectivity index (χ0n) is 6.04. The molecule has 0 amide bonds. The van der Waals surface area contributed by atoms with Gasteiger partial charge < -0.3 is 4.42 Å². The van der Waals surface area contributed by atoms with Gasteiger partial charge in [-0.3, -0.25) is 0 Å². The second kappa shape index (κ2) is 3.27. The molecule has 4 nitrogen and oxygen atoms in total. The molecule has 0 fully saturated rings. The lowest BCUT2D eigenvalue weighted by Crippen LogP contribution is -1.55. The molecule has 2 rings (SSSR count). The Balaban J connectivity index is 2.14. The quantitative estimate of drug-likeness (QED) is 0.665. The molecule has 0 aliphatic rings. The van der Waals surface area contributed by atoms with E-state index >= 15 is 0 Å². The molecule has 2 heterocycles. The topological polar surface area (TPSA) is 50.8 Å². The lowest BCUT2D eigenvalue weighted by atomic mass is 10.6. The van der Waals surface area contributed by atoms with Crippen LogP contribution in [0.4, 0.5) is 11.0 Å². The Kier molecular flexibility index (Phi) is 1.96. The van der Waals surface area contributed by atoms with E-state index in [2.05, 4.69) is 15.2 Å². The van der Waals surface area contributed by atoms with Crippen LogP contribution in [0.3, 0.4) is 0 Å². The van der Waals surface area contributed by atoms with Gasteiger partial charge in [0.15, 0.2) is 0 Å². The fourth-order valence-electron chi connectivity index (χ4n) is 0.684. The number of furan rings is 1. The molecule has 0 saturated heterocycles. The van der Waals surface area contributed by atoms with E-state index in [1.807, 2.05) is 5.38 Å². The van der Waals surface area contributed by atoms with Crippen LogP contribution in [0.2, 0.25) is 0 Å². The second-order valence-electron chi connectivity index (χ2n) is 1.97. The van der Waals surface area contributed by atoms with Crippen molar-refractivity contribution < 1.29 is 4.42 Å². The standard InChI is InChI=1S/C7H5N3OS/c1-2-6(11-4-1)9-10-7-8-3-5-12-7/h1-5H/b10-9+. The number of aromatic nitrogens is 1. The Hall–Kier alpha value is -1.49. The first-order valence-electron chi connectivity index (χ1n) is 3.30. The van der Waals surface area contributed by atoms with Gasteiger partial charge in [0.1, 0.15) is 0 Å². The summed E-state index contributed by atoms with van der Waals surface area (Å²) in [7, 11) is 0. The highest BCUT2D eigenvalue weighted by atomic mass is 32.1. The van der Waals surface area contributed by atoms with Crippen molar-refractivity contribution in [3.05, 3.63) is 30.0 Å². The Morgan fingerprint density at radius 1 is 1.42 bits per heavy atom. The normalized spacial score (nSPS) is 11.0. The van der Waals surface area contributed by atoms with Crippen LogP contribution in [0.25, 0.3) is 0 Å². The highest BCUT2D eigenvalue weighted by molar-refractivity contribution is 7.13. The Bertz CT molecular complexity index is 316. The average Bonchev–Trinajstić information content (AvgIpc) is 2.74. The van der Waals surface area contributed by atoms with Crippen molar-refractivity contribution >= 4 is 22.4 Å². The summed E-state index contributed by atoms with van der Waals surface area (Å²) in [5.41, 5.74) is 0. The number of hydrogen-bond donors (Lipinski definition) is 0. The van der Waals surface area contributed by atoms with Gasteiger partial charge in [-0.1, -0.05) is 0 Å². The molecule has 60 valence electrons. The molecule has 0 atom stereocenters. The van der Waals surface area contributed by atoms with Crippen LogP contribution >= 0.6 is 11.3 Å². The molecule has 0 saturated carbocycles. The average molecular weight is 179 g/mol. The van der Waals surface area contributed by atoms with E-state index in [1.54, 1.807) is 24.6 Å². The van der Waals surface area contributed by atoms with E-state index in [-0.39, 0.29) is 0 Å². The summed E-state index contributed by atoms with van der Waals surface area (Å²) in [6, 6.07) is 3.49. The van der Waals surface area contributed by atoms with Crippen molar-refractivity contribution in [2.75, 3.05) is 0 Å². The van der Waals surface area contributed by atoms with Gasteiger partial charge in [0.25, 0.3) is 0 Å². The Morgan fingerprint density at radius 2 is 2.42 bits per heavy atom. The minimum absolute atomic E-state index is 0.491. The van der Waals surface area contributed by atoms with E-state index < -0.39 is 0 Å². The first-order valence-corrected chi connectivity index (χ1v) is 4.18. The van der Waals surface area contributed by atoms with Crippen LogP contribution in [0, 0.1) is 0 Å². The maximum atomic E-state index is 4.95. The van der Waals surface area contributed by atoms with Crippen molar-refractivity contribution in [2.45, 2.75) is 0 Å². The largest absolute Gasteiger partial charge is 0.445 e. The van der Waals surface area contributed by atoms with E-state index in [1.165, 1.54) is 11.3 Å². The molecule has 0 spiro atoms. The van der Waals surface area contributed by atoms with Gasteiger partial charge in [-0.25, -0.2) is 4.98 Å². The summed E-state index contributed by atoms with van der Waals surface area (Å²) in [5, 5.41) is 10.1. The van der Waals surface area contributed by atoms with Gasteiger partial charge in [0.05, 0.1) is 6.26 Å². The van der Waals surface area contributed by atoms with E-state index in [4.69, 9.17) is 4.42 Å². The maximum Gasteiger partial charge on any atom is 0.238 e. The molecule has 0 unspecified atom stereocenters. The first-order chi connectivity index (χ1) is 5.95. The van der Waals surface area contributed by atoms with Gasteiger partial charge in [0.2, 0.25) is 11.0 Å². The van der Waals surface area contributed by atoms with Crippen LogP contribution in [0.5, 0.6) is 0 Å². The van der Waals surface area contributed by atoms with Crippen LogP contribution in [0.15, 0.2) is 44.6 Å². The molecular formula is C7H5N3OS. The lowest BCUT2D eigenvalue weighted by molar-refractivity contribution is 0.572. The molecule has 0 aliphatic heterocycles. The fourth-order valence-corrected chi connectivity index (χ4v) is 1.14. The van der Waals surface area contributed by atoms with E-state index in [0.29, 0.717) is 11.0 Å². The summed E-state index contributed by atoms with van der Waals surface area (Å²) in [5.74, 6) is 0.491. The fraction of sp³-hybridized carbons (Fsp3) is 0. The predicted molar refractivity (Wildman–Crippen MR) is 45.0 cm³/mol. The molecule has 2 aromatic heterocycles. The second-order valence-corrected chi connectivity index (χ2v) is 2.84. The van der Waals surface area contributed by atoms with Crippen LogP contribution in [-0.4, -0.2) is 4.98 Å². The predicted octanol–water partition coefficient (Wildman–Crippen LogP) is 3.15. The molecular weight excluding hydrogens is 174 g/mol. The smallest absolute Gasteiger partial charge is 0.238 e. The maximum absolute atomic E-state index is 4.95. The first kappa shape index (κ1) is 7.17. The monoisotopic (exact) mass is 179 g/mol. The lowest BCUT2D eigenvalue weighted by Gasteiger charge is -1.80. The highest BCUT2D eigenvalue weighted by Gasteiger charge is 1.92. The summed E-state index contributed by atoms with van der Waals surface area (Å²) in [4.78, 5) is 3.93. The molecule has 0 N–H and O–H groups in total. The molecule has 0 bridgehead atoms. The number of thiazole rings is 1. The van der Waals surface area contributed by atoms with Crippen LogP contribution in [0.1, 0.15) is 0 Å². The minimum Gasteiger partial charge on any atom is -0.445 e. The van der Waals surface area contributed by atoms with Gasteiger partial charge in [-0.15, -0.1) is 21.6 Å². The zero-order valence-corrected chi connectivity index (χ0v) is 6.86. The van der Waals surface area contributed by atoms with Gasteiger partial charge >= 0.3 is 0 Å². The van der Waals surface area contributed by atoms with Gasteiger partial charge in [0, 0.05) is 17.6 Å². The Morgan fingerprint density at radius 3 is 3.08 bits per heavy atom. The number of rotatable bonds is 2. The van der Waals surface area contributed by atoms with Crippen LogP contribution in [-0.2, 0) is 0 Å². The molecule has 0 aliphatic carbocycles. The molecule has 0 aromatic carbocycles. The van der Waals surface area contributed by atoms with Gasteiger partial charge in [-0.05, 0) is 6.07 Å². The third-order valence-electron chi connectivity index (χ3n) is 1.16. The number of azo groups is 1. The number of hydrogen-bond acceptors (Lipinski definition) is 5. The summed E-state index contributed by atoms with van der Waals surface area (Å²) < 4.78 is 4.95. The van der Waals surface area contributed by atoms with Crippen molar-refractivity contribution in [1.29, 1.82) is 0 Å². The zero-order chi connectivity index (χ0) is 8.23. The summed E-state index contributed by atoms with van der Waals surface area (Å²) >= 11 is 1.43. The minimum atomic E-state index is 0.491. The van der Waals surface area contributed by atoms with E-state index in [0.717, 1.165) is 0 Å². The van der Waals surface area contributed by atoms with Crippen molar-refractivity contribution in [1.82, 2.24) is 4.98 Å². The van der Waals surface area contributed by atoms with E-state index in [9.17, 15) is 0 Å². The summed E-state index contributed by atoms with van der Waals surface area (Å²) in [6.45, 7) is 0.